The van der Waals surface area contributed by atoms with E-state index in [9.17, 15) is 14.4 Å². The van der Waals surface area contributed by atoms with E-state index in [4.69, 9.17) is 4.74 Å². The summed E-state index contributed by atoms with van der Waals surface area (Å²) in [6, 6.07) is 13.7. The van der Waals surface area contributed by atoms with E-state index in [1.807, 2.05) is 60.9 Å². The maximum atomic E-state index is 13.2. The summed E-state index contributed by atoms with van der Waals surface area (Å²) < 4.78 is 4.94. The van der Waals surface area contributed by atoms with Crippen molar-refractivity contribution in [3.8, 4) is 0 Å². The molecule has 8 heteroatoms. The van der Waals surface area contributed by atoms with Crippen LogP contribution in [0.4, 0.5) is 0 Å². The standard InChI is InChI=1S/C25H26N4O4/c1-15(30)28-22(11-16-13-26-20-9-5-3-7-18(16)20)24(31)29-23(25(32)33-2)12-17-14-27-21-10-6-4-8-19(17)21/h3-10,13-14,22-23,26-27H,11-12H2,1-2H3,(H,28,30)(H,29,31)/t22-,23-/m0/s1. The summed E-state index contributed by atoms with van der Waals surface area (Å²) in [4.78, 5) is 43.9. The van der Waals surface area contributed by atoms with Crippen LogP contribution in [-0.2, 0) is 32.0 Å². The van der Waals surface area contributed by atoms with Gasteiger partial charge in [0.25, 0.3) is 0 Å². The number of para-hydroxylation sites is 2. The van der Waals surface area contributed by atoms with Crippen molar-refractivity contribution in [1.82, 2.24) is 20.6 Å². The second-order valence-electron chi connectivity index (χ2n) is 7.96. The molecular weight excluding hydrogens is 420 g/mol. The molecule has 170 valence electrons. The molecule has 33 heavy (non-hydrogen) atoms. The number of esters is 1. The zero-order chi connectivity index (χ0) is 23.4. The fraction of sp³-hybridized carbons (Fsp3) is 0.240. The lowest BCUT2D eigenvalue weighted by Crippen LogP contribution is -2.53. The van der Waals surface area contributed by atoms with Gasteiger partial charge in [0.2, 0.25) is 11.8 Å². The molecule has 0 radical (unpaired) electrons. The highest BCUT2D eigenvalue weighted by molar-refractivity contribution is 5.92. The predicted octanol–water partition coefficient (Wildman–Crippen LogP) is 2.60. The van der Waals surface area contributed by atoms with Gasteiger partial charge in [-0.15, -0.1) is 0 Å². The number of H-pyrrole nitrogens is 2. The SMILES string of the molecule is COC(=O)[C@H](Cc1c[nH]c2ccccc12)NC(=O)[C@H](Cc1c[nH]c2ccccc12)NC(C)=O. The van der Waals surface area contributed by atoms with Gasteiger partial charge in [0.15, 0.2) is 0 Å². The monoisotopic (exact) mass is 446 g/mol. The lowest BCUT2D eigenvalue weighted by molar-refractivity contribution is -0.145. The van der Waals surface area contributed by atoms with Crippen LogP contribution in [0.1, 0.15) is 18.1 Å². The van der Waals surface area contributed by atoms with E-state index >= 15 is 0 Å². The number of hydrogen-bond donors (Lipinski definition) is 4. The first-order valence-corrected chi connectivity index (χ1v) is 10.7. The molecule has 0 aliphatic rings. The fourth-order valence-corrected chi connectivity index (χ4v) is 4.10. The molecule has 8 nitrogen and oxygen atoms in total. The van der Waals surface area contributed by atoms with Gasteiger partial charge in [0.05, 0.1) is 7.11 Å². The summed E-state index contributed by atoms with van der Waals surface area (Å²) >= 11 is 0. The van der Waals surface area contributed by atoms with Gasteiger partial charge in [-0.3, -0.25) is 9.59 Å². The molecule has 2 aromatic heterocycles. The van der Waals surface area contributed by atoms with E-state index in [2.05, 4.69) is 20.6 Å². The molecule has 4 N–H and O–H groups in total. The smallest absolute Gasteiger partial charge is 0.328 e. The summed E-state index contributed by atoms with van der Waals surface area (Å²) in [7, 11) is 1.29. The summed E-state index contributed by atoms with van der Waals surface area (Å²) in [5, 5.41) is 7.44. The van der Waals surface area contributed by atoms with Gasteiger partial charge in [0.1, 0.15) is 12.1 Å². The Morgan fingerprint density at radius 3 is 1.85 bits per heavy atom. The summed E-state index contributed by atoms with van der Waals surface area (Å²) in [5.74, 6) is -1.34. The number of aromatic amines is 2. The van der Waals surface area contributed by atoms with Gasteiger partial charge in [0, 0.05) is 54.0 Å². The van der Waals surface area contributed by atoms with Crippen LogP contribution >= 0.6 is 0 Å². The Morgan fingerprint density at radius 1 is 0.818 bits per heavy atom. The van der Waals surface area contributed by atoms with Gasteiger partial charge in [-0.1, -0.05) is 36.4 Å². The second-order valence-corrected chi connectivity index (χ2v) is 7.96. The van der Waals surface area contributed by atoms with Gasteiger partial charge in [-0.05, 0) is 23.3 Å². The number of fused-ring (bicyclic) bond motifs is 2. The van der Waals surface area contributed by atoms with Gasteiger partial charge in [-0.2, -0.15) is 0 Å². The Labute approximate surface area is 190 Å². The highest BCUT2D eigenvalue weighted by atomic mass is 16.5. The molecule has 4 rings (SSSR count). The lowest BCUT2D eigenvalue weighted by atomic mass is 10.0. The molecule has 0 aliphatic carbocycles. The number of aromatic nitrogens is 2. The molecule has 4 aromatic rings. The topological polar surface area (TPSA) is 116 Å². The minimum atomic E-state index is -0.902. The normalized spacial score (nSPS) is 12.9. The number of amides is 2. The van der Waals surface area contributed by atoms with E-state index in [-0.39, 0.29) is 18.7 Å². The molecule has 2 aromatic carbocycles. The van der Waals surface area contributed by atoms with Crippen molar-refractivity contribution in [3.05, 3.63) is 72.1 Å². The molecule has 2 heterocycles. The van der Waals surface area contributed by atoms with Crippen LogP contribution in [0.2, 0.25) is 0 Å². The number of methoxy groups -OCH3 is 1. The Hall–Kier alpha value is -4.07. The first kappa shape index (κ1) is 22.1. The molecular formula is C25H26N4O4. The van der Waals surface area contributed by atoms with Crippen LogP contribution in [0.25, 0.3) is 21.8 Å². The number of carbonyl (C=O) groups is 3. The maximum Gasteiger partial charge on any atom is 0.328 e. The largest absolute Gasteiger partial charge is 0.467 e. The van der Waals surface area contributed by atoms with Crippen LogP contribution in [-0.4, -0.2) is 46.9 Å². The zero-order valence-electron chi connectivity index (χ0n) is 18.5. The van der Waals surface area contributed by atoms with Crippen molar-refractivity contribution >= 4 is 39.6 Å². The first-order valence-electron chi connectivity index (χ1n) is 10.7. The Morgan fingerprint density at radius 2 is 1.33 bits per heavy atom. The maximum absolute atomic E-state index is 13.2. The molecule has 0 bridgehead atoms. The van der Waals surface area contributed by atoms with E-state index < -0.39 is 24.0 Å². The van der Waals surface area contributed by atoms with Crippen molar-refractivity contribution < 1.29 is 19.1 Å². The van der Waals surface area contributed by atoms with Gasteiger partial charge < -0.3 is 25.3 Å². The van der Waals surface area contributed by atoms with Crippen molar-refractivity contribution in [2.24, 2.45) is 0 Å². The molecule has 2 atom stereocenters. The van der Waals surface area contributed by atoms with Crippen LogP contribution in [0.15, 0.2) is 60.9 Å². The quantitative estimate of drug-likeness (QED) is 0.311. The van der Waals surface area contributed by atoms with Crippen molar-refractivity contribution in [3.63, 3.8) is 0 Å². The third kappa shape index (κ3) is 4.90. The molecule has 0 saturated heterocycles. The predicted molar refractivity (Wildman–Crippen MR) is 126 cm³/mol. The molecule has 0 fully saturated rings. The van der Waals surface area contributed by atoms with Crippen LogP contribution in [0, 0.1) is 0 Å². The van der Waals surface area contributed by atoms with Crippen LogP contribution < -0.4 is 10.6 Å². The average Bonchev–Trinajstić information content (AvgIpc) is 3.41. The minimum Gasteiger partial charge on any atom is -0.467 e. The Kier molecular flexibility index (Phi) is 6.44. The third-order valence-corrected chi connectivity index (χ3v) is 5.69. The number of rotatable bonds is 8. The Bertz CT molecular complexity index is 1310. The third-order valence-electron chi connectivity index (χ3n) is 5.69. The van der Waals surface area contributed by atoms with E-state index in [0.717, 1.165) is 32.9 Å². The molecule has 2 amide bonds. The van der Waals surface area contributed by atoms with E-state index in [1.165, 1.54) is 14.0 Å². The average molecular weight is 447 g/mol. The van der Waals surface area contributed by atoms with E-state index in [0.29, 0.717) is 0 Å². The van der Waals surface area contributed by atoms with E-state index in [1.54, 1.807) is 0 Å². The van der Waals surface area contributed by atoms with Gasteiger partial charge >= 0.3 is 5.97 Å². The number of hydrogen-bond acceptors (Lipinski definition) is 4. The fourth-order valence-electron chi connectivity index (χ4n) is 4.10. The Balaban J connectivity index is 1.55. The summed E-state index contributed by atoms with van der Waals surface area (Å²) in [5.41, 5.74) is 3.67. The summed E-state index contributed by atoms with van der Waals surface area (Å²) in [6.07, 6.45) is 4.18. The number of benzene rings is 2. The van der Waals surface area contributed by atoms with Crippen LogP contribution in [0.5, 0.6) is 0 Å². The van der Waals surface area contributed by atoms with Crippen molar-refractivity contribution in [1.29, 1.82) is 0 Å². The number of nitrogens with one attached hydrogen (secondary N) is 4. The minimum absolute atomic E-state index is 0.252. The first-order chi connectivity index (χ1) is 16.0. The number of ether oxygens (including phenoxy) is 1. The highest BCUT2D eigenvalue weighted by Gasteiger charge is 2.28. The van der Waals surface area contributed by atoms with Crippen LogP contribution in [0.3, 0.4) is 0 Å². The number of carbonyl (C=O) groups excluding carboxylic acids is 3. The lowest BCUT2D eigenvalue weighted by Gasteiger charge is -2.22. The van der Waals surface area contributed by atoms with Crippen molar-refractivity contribution in [2.45, 2.75) is 31.8 Å². The summed E-state index contributed by atoms with van der Waals surface area (Å²) in [6.45, 7) is 1.36. The molecule has 0 spiro atoms. The molecule has 0 aliphatic heterocycles. The van der Waals surface area contributed by atoms with Crippen molar-refractivity contribution in [2.75, 3.05) is 7.11 Å². The molecule has 0 unspecified atom stereocenters. The molecule has 0 saturated carbocycles. The second kappa shape index (κ2) is 9.60. The zero-order valence-corrected chi connectivity index (χ0v) is 18.5. The van der Waals surface area contributed by atoms with Gasteiger partial charge in [-0.25, -0.2) is 4.79 Å². The highest BCUT2D eigenvalue weighted by Crippen LogP contribution is 2.21.